The van der Waals surface area contributed by atoms with Gasteiger partial charge in [0.1, 0.15) is 5.82 Å². The first kappa shape index (κ1) is 18.7. The van der Waals surface area contributed by atoms with Gasteiger partial charge >= 0.3 is 0 Å². The van der Waals surface area contributed by atoms with E-state index in [9.17, 15) is 14.0 Å². The fraction of sp³-hybridized carbons (Fsp3) is 0.263. The number of likely N-dealkylation sites (tertiary alicyclic amines) is 1. The molecule has 0 atom stereocenters. The zero-order chi connectivity index (χ0) is 18.7. The molecule has 7 heteroatoms. The molecule has 1 aliphatic heterocycles. The van der Waals surface area contributed by atoms with Crippen molar-refractivity contribution in [1.82, 2.24) is 4.90 Å². The zero-order valence-electron chi connectivity index (χ0n) is 13.8. The second kappa shape index (κ2) is 8.06. The second-order valence-electron chi connectivity index (χ2n) is 6.17. The summed E-state index contributed by atoms with van der Waals surface area (Å²) < 4.78 is 13.3. The van der Waals surface area contributed by atoms with Crippen LogP contribution in [0.1, 0.15) is 23.2 Å². The van der Waals surface area contributed by atoms with Gasteiger partial charge in [-0.1, -0.05) is 35.3 Å². The maximum atomic E-state index is 13.3. The Balaban J connectivity index is 1.58. The first-order valence-corrected chi connectivity index (χ1v) is 9.01. The lowest BCUT2D eigenvalue weighted by molar-refractivity contribution is -0.121. The van der Waals surface area contributed by atoms with Crippen molar-refractivity contribution >= 4 is 40.7 Å². The van der Waals surface area contributed by atoms with E-state index in [1.807, 2.05) is 0 Å². The summed E-state index contributed by atoms with van der Waals surface area (Å²) in [4.78, 5) is 26.5. The minimum atomic E-state index is -0.441. The van der Waals surface area contributed by atoms with Crippen LogP contribution in [0.3, 0.4) is 0 Å². The standard InChI is InChI=1S/C19H17Cl2FN2O2/c20-15-5-2-6-16(17(15)21)23-18(25)12-7-9-24(10-8-12)19(26)13-3-1-4-14(22)11-13/h1-6,11-12H,7-10H2,(H,23,25). The van der Waals surface area contributed by atoms with Gasteiger partial charge in [0.15, 0.2) is 0 Å². The van der Waals surface area contributed by atoms with Crippen LogP contribution in [0.15, 0.2) is 42.5 Å². The van der Waals surface area contributed by atoms with E-state index < -0.39 is 5.82 Å². The van der Waals surface area contributed by atoms with Gasteiger partial charge in [-0.15, -0.1) is 0 Å². The molecular weight excluding hydrogens is 378 g/mol. The molecule has 1 aliphatic rings. The lowest BCUT2D eigenvalue weighted by Gasteiger charge is -2.31. The number of nitrogens with one attached hydrogen (secondary N) is 1. The number of nitrogens with zero attached hydrogens (tertiary/aromatic N) is 1. The van der Waals surface area contributed by atoms with E-state index in [2.05, 4.69) is 5.32 Å². The van der Waals surface area contributed by atoms with Crippen molar-refractivity contribution in [2.75, 3.05) is 18.4 Å². The Morgan fingerprint density at radius 2 is 1.77 bits per heavy atom. The summed E-state index contributed by atoms with van der Waals surface area (Å²) in [7, 11) is 0. The number of anilines is 1. The Morgan fingerprint density at radius 3 is 2.46 bits per heavy atom. The first-order chi connectivity index (χ1) is 12.5. The maximum Gasteiger partial charge on any atom is 0.253 e. The zero-order valence-corrected chi connectivity index (χ0v) is 15.4. The third kappa shape index (κ3) is 4.17. The molecule has 1 N–H and O–H groups in total. The Morgan fingerprint density at radius 1 is 1.08 bits per heavy atom. The number of carbonyl (C=O) groups is 2. The topological polar surface area (TPSA) is 49.4 Å². The summed E-state index contributed by atoms with van der Waals surface area (Å²) in [6.45, 7) is 0.882. The Hall–Kier alpha value is -2.11. The lowest BCUT2D eigenvalue weighted by atomic mass is 9.95. The summed E-state index contributed by atoms with van der Waals surface area (Å²) in [6.07, 6.45) is 1.07. The molecule has 1 saturated heterocycles. The molecule has 0 saturated carbocycles. The van der Waals surface area contributed by atoms with Gasteiger partial charge in [0.05, 0.1) is 15.7 Å². The minimum Gasteiger partial charge on any atom is -0.339 e. The van der Waals surface area contributed by atoms with Crippen LogP contribution in [0.2, 0.25) is 10.0 Å². The predicted octanol–water partition coefficient (Wildman–Crippen LogP) is 4.62. The number of rotatable bonds is 3. The molecule has 1 fully saturated rings. The van der Waals surface area contributed by atoms with Crippen LogP contribution in [-0.4, -0.2) is 29.8 Å². The van der Waals surface area contributed by atoms with E-state index in [0.717, 1.165) is 0 Å². The van der Waals surface area contributed by atoms with E-state index in [1.165, 1.54) is 18.2 Å². The van der Waals surface area contributed by atoms with Gasteiger partial charge in [0.25, 0.3) is 5.91 Å². The summed E-state index contributed by atoms with van der Waals surface area (Å²) >= 11 is 12.0. The average Bonchev–Trinajstić information content (AvgIpc) is 2.65. The lowest BCUT2D eigenvalue weighted by Crippen LogP contribution is -2.41. The summed E-state index contributed by atoms with van der Waals surface area (Å²) in [5, 5.41) is 3.48. The first-order valence-electron chi connectivity index (χ1n) is 8.25. The van der Waals surface area contributed by atoms with Crippen molar-refractivity contribution in [3.05, 3.63) is 63.9 Å². The smallest absolute Gasteiger partial charge is 0.253 e. The van der Waals surface area contributed by atoms with Gasteiger partial charge in [0.2, 0.25) is 5.91 Å². The van der Waals surface area contributed by atoms with Crippen LogP contribution in [0.4, 0.5) is 10.1 Å². The van der Waals surface area contributed by atoms with Crippen molar-refractivity contribution in [3.63, 3.8) is 0 Å². The molecule has 0 radical (unpaired) electrons. The SMILES string of the molecule is O=C(Nc1cccc(Cl)c1Cl)C1CCN(C(=O)c2cccc(F)c2)CC1. The number of amides is 2. The molecule has 0 aliphatic carbocycles. The number of hydrogen-bond acceptors (Lipinski definition) is 2. The number of piperidine rings is 1. The molecule has 2 aromatic carbocycles. The largest absolute Gasteiger partial charge is 0.339 e. The molecule has 0 bridgehead atoms. The van der Waals surface area contributed by atoms with Crippen molar-refractivity contribution in [3.8, 4) is 0 Å². The van der Waals surface area contributed by atoms with Gasteiger partial charge in [-0.3, -0.25) is 9.59 Å². The molecule has 0 aromatic heterocycles. The van der Waals surface area contributed by atoms with E-state index in [1.54, 1.807) is 29.2 Å². The monoisotopic (exact) mass is 394 g/mol. The van der Waals surface area contributed by atoms with Crippen LogP contribution < -0.4 is 5.32 Å². The van der Waals surface area contributed by atoms with Gasteiger partial charge in [-0.2, -0.15) is 0 Å². The number of hydrogen-bond donors (Lipinski definition) is 1. The van der Waals surface area contributed by atoms with E-state index in [0.29, 0.717) is 47.2 Å². The highest BCUT2D eigenvalue weighted by Gasteiger charge is 2.28. The highest BCUT2D eigenvalue weighted by molar-refractivity contribution is 6.44. The summed E-state index contributed by atoms with van der Waals surface area (Å²) in [6, 6.07) is 10.7. The quantitative estimate of drug-likeness (QED) is 0.825. The number of halogens is 3. The van der Waals surface area contributed by atoms with Crippen LogP contribution in [0.5, 0.6) is 0 Å². The average molecular weight is 395 g/mol. The van der Waals surface area contributed by atoms with Gasteiger partial charge < -0.3 is 10.2 Å². The highest BCUT2D eigenvalue weighted by atomic mass is 35.5. The van der Waals surface area contributed by atoms with Crippen LogP contribution in [0, 0.1) is 11.7 Å². The van der Waals surface area contributed by atoms with Crippen molar-refractivity contribution in [2.45, 2.75) is 12.8 Å². The van der Waals surface area contributed by atoms with E-state index >= 15 is 0 Å². The fourth-order valence-electron chi connectivity index (χ4n) is 2.98. The predicted molar refractivity (Wildman–Crippen MR) is 100 cm³/mol. The molecule has 2 aromatic rings. The Labute approximate surface area is 160 Å². The normalized spacial score (nSPS) is 15.0. The molecule has 0 spiro atoms. The van der Waals surface area contributed by atoms with Gasteiger partial charge in [-0.05, 0) is 43.2 Å². The molecule has 3 rings (SSSR count). The number of carbonyl (C=O) groups excluding carboxylic acids is 2. The fourth-order valence-corrected chi connectivity index (χ4v) is 3.33. The van der Waals surface area contributed by atoms with Crippen LogP contribution >= 0.6 is 23.2 Å². The highest BCUT2D eigenvalue weighted by Crippen LogP contribution is 2.30. The summed E-state index contributed by atoms with van der Waals surface area (Å²) in [5.74, 6) is -1.03. The molecule has 26 heavy (non-hydrogen) atoms. The molecule has 4 nitrogen and oxygen atoms in total. The summed E-state index contributed by atoms with van der Waals surface area (Å²) in [5.41, 5.74) is 0.793. The van der Waals surface area contributed by atoms with Gasteiger partial charge in [0, 0.05) is 24.6 Å². The van der Waals surface area contributed by atoms with Crippen molar-refractivity contribution in [1.29, 1.82) is 0 Å². The molecular formula is C19H17Cl2FN2O2. The van der Waals surface area contributed by atoms with Gasteiger partial charge in [-0.25, -0.2) is 4.39 Å². The third-order valence-corrected chi connectivity index (χ3v) is 5.25. The van der Waals surface area contributed by atoms with E-state index in [-0.39, 0.29) is 17.7 Å². The van der Waals surface area contributed by atoms with Crippen LogP contribution in [0.25, 0.3) is 0 Å². The van der Waals surface area contributed by atoms with Crippen molar-refractivity contribution in [2.24, 2.45) is 5.92 Å². The third-order valence-electron chi connectivity index (χ3n) is 4.43. The molecule has 0 unspecified atom stereocenters. The Kier molecular flexibility index (Phi) is 5.79. The molecule has 1 heterocycles. The Bertz CT molecular complexity index is 836. The number of benzene rings is 2. The van der Waals surface area contributed by atoms with E-state index in [4.69, 9.17) is 23.2 Å². The maximum absolute atomic E-state index is 13.3. The van der Waals surface area contributed by atoms with Crippen molar-refractivity contribution < 1.29 is 14.0 Å². The van der Waals surface area contributed by atoms with Crippen LogP contribution in [-0.2, 0) is 4.79 Å². The molecule has 2 amide bonds. The second-order valence-corrected chi connectivity index (χ2v) is 6.95. The minimum absolute atomic E-state index is 0.146. The molecule has 136 valence electrons.